The molecule has 2 heterocycles. The Morgan fingerprint density at radius 1 is 1.39 bits per heavy atom. The number of fused-ring (bicyclic) bond motifs is 1. The molecule has 0 saturated carbocycles. The third-order valence-corrected chi connectivity index (χ3v) is 3.81. The van der Waals surface area contributed by atoms with E-state index in [4.69, 9.17) is 5.11 Å². The molecule has 0 unspecified atom stereocenters. The van der Waals surface area contributed by atoms with E-state index in [1.807, 2.05) is 6.07 Å². The number of hydrogen-bond acceptors (Lipinski definition) is 5. The second-order valence-electron chi connectivity index (χ2n) is 4.18. The van der Waals surface area contributed by atoms with Crippen molar-refractivity contribution in [2.75, 3.05) is 11.4 Å². The SMILES string of the molecule is O=C(O)c1ccc2c(c1)CN(c1ncns1)CC2. The molecule has 3 rings (SSSR count). The first kappa shape index (κ1) is 11.2. The second kappa shape index (κ2) is 4.38. The number of aromatic carboxylic acids is 1. The van der Waals surface area contributed by atoms with E-state index >= 15 is 0 Å². The van der Waals surface area contributed by atoms with E-state index in [2.05, 4.69) is 14.3 Å². The largest absolute Gasteiger partial charge is 0.478 e. The number of nitrogens with zero attached hydrogens (tertiary/aromatic N) is 3. The van der Waals surface area contributed by atoms with Gasteiger partial charge in [-0.15, -0.1) is 0 Å². The zero-order valence-electron chi connectivity index (χ0n) is 9.54. The van der Waals surface area contributed by atoms with Gasteiger partial charge < -0.3 is 10.0 Å². The fourth-order valence-electron chi connectivity index (χ4n) is 2.16. The van der Waals surface area contributed by atoms with Crippen molar-refractivity contribution in [2.45, 2.75) is 13.0 Å². The topological polar surface area (TPSA) is 66.3 Å². The van der Waals surface area contributed by atoms with Crippen molar-refractivity contribution in [3.8, 4) is 0 Å². The molecule has 0 atom stereocenters. The standard InChI is InChI=1S/C12H11N3O2S/c16-11(17)9-2-1-8-3-4-15(6-10(8)5-9)12-13-7-14-18-12/h1-2,5,7H,3-4,6H2,(H,16,17). The third kappa shape index (κ3) is 1.95. The van der Waals surface area contributed by atoms with Gasteiger partial charge in [-0.25, -0.2) is 9.78 Å². The van der Waals surface area contributed by atoms with Crippen LogP contribution in [0.4, 0.5) is 5.13 Å². The lowest BCUT2D eigenvalue weighted by Crippen LogP contribution is -2.30. The number of carboxylic acids is 1. The minimum atomic E-state index is -0.883. The molecule has 18 heavy (non-hydrogen) atoms. The number of benzene rings is 1. The zero-order chi connectivity index (χ0) is 12.5. The van der Waals surface area contributed by atoms with Gasteiger partial charge in [0.1, 0.15) is 6.33 Å². The Morgan fingerprint density at radius 3 is 3.00 bits per heavy atom. The fraction of sp³-hybridized carbons (Fsp3) is 0.250. The van der Waals surface area contributed by atoms with E-state index in [0.717, 1.165) is 23.7 Å². The molecule has 1 N–H and O–H groups in total. The minimum Gasteiger partial charge on any atom is -0.478 e. The molecule has 0 saturated heterocycles. The normalized spacial score (nSPS) is 14.3. The first-order valence-corrected chi connectivity index (χ1v) is 6.38. The first-order chi connectivity index (χ1) is 8.74. The molecule has 1 aromatic carbocycles. The molecule has 92 valence electrons. The Kier molecular flexibility index (Phi) is 2.71. The summed E-state index contributed by atoms with van der Waals surface area (Å²) in [7, 11) is 0. The quantitative estimate of drug-likeness (QED) is 0.893. The molecule has 0 spiro atoms. The van der Waals surface area contributed by atoms with Crippen molar-refractivity contribution in [2.24, 2.45) is 0 Å². The minimum absolute atomic E-state index is 0.341. The van der Waals surface area contributed by atoms with Crippen LogP contribution in [0, 0.1) is 0 Å². The maximum atomic E-state index is 11.0. The van der Waals surface area contributed by atoms with E-state index in [0.29, 0.717) is 12.1 Å². The van der Waals surface area contributed by atoms with Crippen LogP contribution in [-0.2, 0) is 13.0 Å². The van der Waals surface area contributed by atoms with E-state index in [9.17, 15) is 4.79 Å². The smallest absolute Gasteiger partial charge is 0.335 e. The van der Waals surface area contributed by atoms with Crippen molar-refractivity contribution in [3.05, 3.63) is 41.2 Å². The van der Waals surface area contributed by atoms with Crippen LogP contribution in [-0.4, -0.2) is 27.0 Å². The van der Waals surface area contributed by atoms with Crippen molar-refractivity contribution in [1.29, 1.82) is 0 Å². The molecule has 0 fully saturated rings. The molecule has 6 heteroatoms. The molecule has 1 aliphatic rings. The lowest BCUT2D eigenvalue weighted by atomic mass is 9.98. The monoisotopic (exact) mass is 261 g/mol. The van der Waals surface area contributed by atoms with Gasteiger partial charge >= 0.3 is 5.97 Å². The Hall–Kier alpha value is -1.95. The number of carboxylic acid groups (broad SMARTS) is 1. The van der Waals surface area contributed by atoms with Gasteiger partial charge in [-0.1, -0.05) is 6.07 Å². The Labute approximate surface area is 108 Å². The molecular weight excluding hydrogens is 250 g/mol. The van der Waals surface area contributed by atoms with Crippen molar-refractivity contribution in [1.82, 2.24) is 9.36 Å². The predicted octanol–water partition coefficient (Wildman–Crippen LogP) is 1.80. The maximum Gasteiger partial charge on any atom is 0.335 e. The van der Waals surface area contributed by atoms with E-state index in [-0.39, 0.29) is 0 Å². The van der Waals surface area contributed by atoms with Gasteiger partial charge in [-0.2, -0.15) is 4.37 Å². The Balaban J connectivity index is 1.91. The molecule has 2 aromatic rings. The number of anilines is 1. The number of carbonyl (C=O) groups is 1. The summed E-state index contributed by atoms with van der Waals surface area (Å²) >= 11 is 1.36. The highest BCUT2D eigenvalue weighted by Crippen LogP contribution is 2.25. The first-order valence-electron chi connectivity index (χ1n) is 5.61. The van der Waals surface area contributed by atoms with E-state index in [1.54, 1.807) is 18.5 Å². The number of hydrogen-bond donors (Lipinski definition) is 1. The molecule has 1 aromatic heterocycles. The van der Waals surface area contributed by atoms with Crippen LogP contribution in [0.25, 0.3) is 0 Å². The average molecular weight is 261 g/mol. The molecule has 5 nitrogen and oxygen atoms in total. The lowest BCUT2D eigenvalue weighted by molar-refractivity contribution is 0.0696. The van der Waals surface area contributed by atoms with Gasteiger partial charge in [0, 0.05) is 24.6 Å². The summed E-state index contributed by atoms with van der Waals surface area (Å²) in [6.07, 6.45) is 2.46. The van der Waals surface area contributed by atoms with E-state index in [1.165, 1.54) is 17.1 Å². The summed E-state index contributed by atoms with van der Waals surface area (Å²) in [6.45, 7) is 1.60. The highest BCUT2D eigenvalue weighted by atomic mass is 32.1. The average Bonchev–Trinajstić information content (AvgIpc) is 2.91. The lowest BCUT2D eigenvalue weighted by Gasteiger charge is -2.28. The van der Waals surface area contributed by atoms with Crippen LogP contribution in [0.2, 0.25) is 0 Å². The summed E-state index contributed by atoms with van der Waals surface area (Å²) in [4.78, 5) is 17.3. The van der Waals surface area contributed by atoms with Crippen LogP contribution in [0.3, 0.4) is 0 Å². The second-order valence-corrected chi connectivity index (χ2v) is 4.94. The van der Waals surface area contributed by atoms with Gasteiger partial charge in [-0.3, -0.25) is 0 Å². The van der Waals surface area contributed by atoms with Crippen molar-refractivity contribution in [3.63, 3.8) is 0 Å². The molecule has 0 amide bonds. The van der Waals surface area contributed by atoms with Crippen LogP contribution in [0.5, 0.6) is 0 Å². The van der Waals surface area contributed by atoms with Crippen LogP contribution in [0.15, 0.2) is 24.5 Å². The summed E-state index contributed by atoms with van der Waals surface area (Å²) in [5, 5.41) is 9.89. The Bertz CT molecular complexity index is 583. The van der Waals surface area contributed by atoms with Gasteiger partial charge in [0.15, 0.2) is 0 Å². The predicted molar refractivity (Wildman–Crippen MR) is 68.1 cm³/mol. The summed E-state index contributed by atoms with van der Waals surface area (Å²) in [5.74, 6) is -0.883. The molecule has 0 aliphatic carbocycles. The highest BCUT2D eigenvalue weighted by Gasteiger charge is 2.19. The Morgan fingerprint density at radius 2 is 2.28 bits per heavy atom. The maximum absolute atomic E-state index is 11.0. The van der Waals surface area contributed by atoms with Gasteiger partial charge in [0.05, 0.1) is 5.56 Å². The molecule has 0 bridgehead atoms. The van der Waals surface area contributed by atoms with Crippen molar-refractivity contribution < 1.29 is 9.90 Å². The molecule has 0 radical (unpaired) electrons. The molecule has 1 aliphatic heterocycles. The summed E-state index contributed by atoms with van der Waals surface area (Å²) in [6, 6.07) is 5.34. The number of aromatic nitrogens is 2. The fourth-order valence-corrected chi connectivity index (χ4v) is 2.71. The summed E-state index contributed by atoms with van der Waals surface area (Å²) in [5.41, 5.74) is 2.63. The van der Waals surface area contributed by atoms with Crippen LogP contribution >= 0.6 is 11.5 Å². The third-order valence-electron chi connectivity index (χ3n) is 3.09. The van der Waals surface area contributed by atoms with Gasteiger partial charge in [0.2, 0.25) is 5.13 Å². The van der Waals surface area contributed by atoms with Gasteiger partial charge in [0.25, 0.3) is 0 Å². The van der Waals surface area contributed by atoms with Crippen LogP contribution < -0.4 is 4.90 Å². The van der Waals surface area contributed by atoms with Crippen molar-refractivity contribution >= 4 is 22.6 Å². The summed E-state index contributed by atoms with van der Waals surface area (Å²) < 4.78 is 3.99. The van der Waals surface area contributed by atoms with E-state index < -0.39 is 5.97 Å². The highest BCUT2D eigenvalue weighted by molar-refractivity contribution is 7.09. The van der Waals surface area contributed by atoms with Crippen LogP contribution in [0.1, 0.15) is 21.5 Å². The molecular formula is C12H11N3O2S. The zero-order valence-corrected chi connectivity index (χ0v) is 10.4. The van der Waals surface area contributed by atoms with Gasteiger partial charge in [-0.05, 0) is 29.7 Å². The number of rotatable bonds is 2.